The van der Waals surface area contributed by atoms with E-state index >= 15 is 0 Å². The molecule has 2 amide bonds. The van der Waals surface area contributed by atoms with Gasteiger partial charge in [0.2, 0.25) is 0 Å². The third-order valence-corrected chi connectivity index (χ3v) is 5.85. The van der Waals surface area contributed by atoms with E-state index in [1.54, 1.807) is 17.0 Å². The Morgan fingerprint density at radius 2 is 1.69 bits per heavy atom. The van der Waals surface area contributed by atoms with Crippen LogP contribution in [0, 0.1) is 0 Å². The summed E-state index contributed by atoms with van der Waals surface area (Å²) in [6.45, 7) is 2.55. The zero-order valence-corrected chi connectivity index (χ0v) is 17.8. The zero-order chi connectivity index (χ0) is 22.2. The van der Waals surface area contributed by atoms with Crippen LogP contribution in [0.5, 0.6) is 11.5 Å². The average Bonchev–Trinajstić information content (AvgIpc) is 2.92. The Bertz CT molecular complexity index is 1260. The number of allylic oxidation sites excluding steroid dienone is 1. The molecule has 0 spiro atoms. The number of carbonyl (C=O) groups is 2. The lowest BCUT2D eigenvalue weighted by atomic mass is 9.94. The summed E-state index contributed by atoms with van der Waals surface area (Å²) in [5, 5.41) is 2.91. The number of benzene rings is 3. The number of nitrogens with one attached hydrogen (secondary N) is 1. The molecule has 0 atom stereocenters. The highest BCUT2D eigenvalue weighted by Crippen LogP contribution is 2.40. The largest absolute Gasteiger partial charge is 0.493 e. The second-order valence-corrected chi connectivity index (χ2v) is 7.80. The second kappa shape index (κ2) is 7.89. The van der Waals surface area contributed by atoms with Crippen LogP contribution >= 0.6 is 0 Å². The van der Waals surface area contributed by atoms with E-state index in [-0.39, 0.29) is 11.8 Å². The van der Waals surface area contributed by atoms with Crippen molar-refractivity contribution in [1.29, 1.82) is 0 Å². The lowest BCUT2D eigenvalue weighted by molar-refractivity contribution is -0.114. The van der Waals surface area contributed by atoms with Gasteiger partial charge in [-0.15, -0.1) is 0 Å². The van der Waals surface area contributed by atoms with Crippen molar-refractivity contribution in [3.63, 3.8) is 0 Å². The first kappa shape index (κ1) is 19.9. The number of methoxy groups -OCH3 is 1. The standard InChI is InChI=1S/C26H22N2O4/c1-16-19-11-7-6-10-18(19)14-28-24(16)25(29)27-21-13-23(22(31-2)12-20(21)26(28)30)32-15-17-8-4-3-5-9-17/h3-13H,14-15H2,1-2H3,(H,27,29). The summed E-state index contributed by atoms with van der Waals surface area (Å²) < 4.78 is 11.5. The number of hydrogen-bond acceptors (Lipinski definition) is 4. The molecule has 3 aromatic carbocycles. The number of anilines is 1. The van der Waals surface area contributed by atoms with Gasteiger partial charge in [-0.1, -0.05) is 54.6 Å². The Labute approximate surface area is 186 Å². The van der Waals surface area contributed by atoms with Crippen LogP contribution in [0.25, 0.3) is 5.57 Å². The summed E-state index contributed by atoms with van der Waals surface area (Å²) in [7, 11) is 1.53. The van der Waals surface area contributed by atoms with Crippen LogP contribution in [0.15, 0.2) is 72.4 Å². The third kappa shape index (κ3) is 3.30. The SMILES string of the molecule is COc1cc2c(cc1OCc1ccccc1)NC(=O)C1=C(C)c3ccccc3CN1C2=O. The van der Waals surface area contributed by atoms with E-state index in [2.05, 4.69) is 5.32 Å². The van der Waals surface area contributed by atoms with Gasteiger partial charge in [-0.3, -0.25) is 14.5 Å². The number of hydrogen-bond donors (Lipinski definition) is 1. The van der Waals surface area contributed by atoms with Gasteiger partial charge in [0.1, 0.15) is 12.3 Å². The summed E-state index contributed by atoms with van der Waals surface area (Å²) in [5.74, 6) is 0.319. The second-order valence-electron chi connectivity index (χ2n) is 7.80. The molecule has 0 saturated carbocycles. The predicted octanol–water partition coefficient (Wildman–Crippen LogP) is 4.61. The monoisotopic (exact) mass is 426 g/mol. The average molecular weight is 426 g/mol. The molecule has 0 bridgehead atoms. The molecule has 0 aliphatic carbocycles. The lowest BCUT2D eigenvalue weighted by Gasteiger charge is -2.30. The van der Waals surface area contributed by atoms with Crippen molar-refractivity contribution in [2.75, 3.05) is 12.4 Å². The molecule has 5 rings (SSSR count). The van der Waals surface area contributed by atoms with Crippen LogP contribution in [0.2, 0.25) is 0 Å². The van der Waals surface area contributed by atoms with Crippen molar-refractivity contribution in [2.24, 2.45) is 0 Å². The maximum Gasteiger partial charge on any atom is 0.272 e. The molecule has 32 heavy (non-hydrogen) atoms. The molecule has 160 valence electrons. The van der Waals surface area contributed by atoms with Crippen molar-refractivity contribution >= 4 is 23.1 Å². The minimum absolute atomic E-state index is 0.255. The van der Waals surface area contributed by atoms with Gasteiger partial charge in [0.15, 0.2) is 11.5 Å². The quantitative estimate of drug-likeness (QED) is 0.661. The smallest absolute Gasteiger partial charge is 0.272 e. The van der Waals surface area contributed by atoms with Crippen LogP contribution in [-0.2, 0) is 17.9 Å². The zero-order valence-electron chi connectivity index (χ0n) is 17.8. The van der Waals surface area contributed by atoms with Crippen molar-refractivity contribution < 1.29 is 19.1 Å². The summed E-state index contributed by atoms with van der Waals surface area (Å²) >= 11 is 0. The Balaban J connectivity index is 1.55. The van der Waals surface area contributed by atoms with Gasteiger partial charge in [-0.2, -0.15) is 0 Å². The van der Waals surface area contributed by atoms with E-state index in [1.165, 1.54) is 7.11 Å². The van der Waals surface area contributed by atoms with E-state index in [9.17, 15) is 9.59 Å². The van der Waals surface area contributed by atoms with Crippen molar-refractivity contribution in [3.8, 4) is 11.5 Å². The molecule has 0 unspecified atom stereocenters. The van der Waals surface area contributed by atoms with Crippen LogP contribution < -0.4 is 14.8 Å². The van der Waals surface area contributed by atoms with Crippen LogP contribution in [0.1, 0.15) is 34.0 Å². The van der Waals surface area contributed by atoms with Crippen molar-refractivity contribution in [2.45, 2.75) is 20.1 Å². The van der Waals surface area contributed by atoms with Gasteiger partial charge < -0.3 is 14.8 Å². The minimum atomic E-state index is -0.316. The summed E-state index contributed by atoms with van der Waals surface area (Å²) in [6.07, 6.45) is 0. The number of carbonyl (C=O) groups excluding carboxylic acids is 2. The number of rotatable bonds is 4. The third-order valence-electron chi connectivity index (χ3n) is 5.85. The van der Waals surface area contributed by atoms with Gasteiger partial charge >= 0.3 is 0 Å². The fourth-order valence-corrected chi connectivity index (χ4v) is 4.24. The molecule has 6 nitrogen and oxygen atoms in total. The number of nitrogens with zero attached hydrogens (tertiary/aromatic N) is 1. The highest BCUT2D eigenvalue weighted by atomic mass is 16.5. The number of fused-ring (bicyclic) bond motifs is 3. The van der Waals surface area contributed by atoms with E-state index in [1.807, 2.05) is 61.5 Å². The molecule has 0 saturated heterocycles. The Hall–Kier alpha value is -4.06. The Morgan fingerprint density at radius 3 is 2.47 bits per heavy atom. The van der Waals surface area contributed by atoms with Gasteiger partial charge in [0.25, 0.3) is 11.8 Å². The fourth-order valence-electron chi connectivity index (χ4n) is 4.24. The first-order valence-corrected chi connectivity index (χ1v) is 10.4. The van der Waals surface area contributed by atoms with E-state index < -0.39 is 0 Å². The topological polar surface area (TPSA) is 67.9 Å². The summed E-state index contributed by atoms with van der Waals surface area (Å²) in [6, 6.07) is 20.9. The van der Waals surface area contributed by atoms with Gasteiger partial charge in [-0.25, -0.2) is 0 Å². The summed E-state index contributed by atoms with van der Waals surface area (Å²) in [5.41, 5.74) is 4.91. The van der Waals surface area contributed by atoms with Crippen LogP contribution in [-0.4, -0.2) is 23.8 Å². The first-order valence-electron chi connectivity index (χ1n) is 10.4. The van der Waals surface area contributed by atoms with Crippen molar-refractivity contribution in [1.82, 2.24) is 4.90 Å². The molecular weight excluding hydrogens is 404 g/mol. The molecule has 2 aliphatic rings. The van der Waals surface area contributed by atoms with Gasteiger partial charge in [0.05, 0.1) is 24.9 Å². The number of ether oxygens (including phenoxy) is 2. The molecule has 2 aliphatic heterocycles. The molecule has 3 aromatic rings. The van der Waals surface area contributed by atoms with Crippen LogP contribution in [0.4, 0.5) is 5.69 Å². The Kier molecular flexibility index (Phi) is 4.90. The first-order chi connectivity index (χ1) is 15.6. The highest BCUT2D eigenvalue weighted by Gasteiger charge is 2.36. The predicted molar refractivity (Wildman–Crippen MR) is 121 cm³/mol. The molecule has 1 N–H and O–H groups in total. The maximum atomic E-state index is 13.5. The van der Waals surface area contributed by atoms with E-state index in [0.29, 0.717) is 41.6 Å². The lowest BCUT2D eigenvalue weighted by Crippen LogP contribution is -2.36. The van der Waals surface area contributed by atoms with Crippen LogP contribution in [0.3, 0.4) is 0 Å². The van der Waals surface area contributed by atoms with E-state index in [4.69, 9.17) is 9.47 Å². The summed E-state index contributed by atoms with van der Waals surface area (Å²) in [4.78, 5) is 28.3. The molecular formula is C26H22N2O4. The molecule has 2 heterocycles. The fraction of sp³-hybridized carbons (Fsp3) is 0.154. The Morgan fingerprint density at radius 1 is 0.938 bits per heavy atom. The van der Waals surface area contributed by atoms with Gasteiger partial charge in [0, 0.05) is 6.07 Å². The van der Waals surface area contributed by atoms with Crippen molar-refractivity contribution in [3.05, 3.63) is 94.7 Å². The molecule has 6 heteroatoms. The maximum absolute atomic E-state index is 13.5. The minimum Gasteiger partial charge on any atom is -0.493 e. The number of amides is 2. The molecule has 0 fully saturated rings. The van der Waals surface area contributed by atoms with Gasteiger partial charge in [-0.05, 0) is 35.3 Å². The van der Waals surface area contributed by atoms with E-state index in [0.717, 1.165) is 22.3 Å². The normalized spacial score (nSPS) is 14.8. The molecule has 0 aromatic heterocycles. The molecule has 0 radical (unpaired) electrons. The highest BCUT2D eigenvalue weighted by molar-refractivity contribution is 6.18.